The van der Waals surface area contributed by atoms with Crippen molar-refractivity contribution in [1.29, 1.82) is 0 Å². The fourth-order valence-corrected chi connectivity index (χ4v) is 1.63. The molecule has 0 heterocycles. The Hall–Kier alpha value is -0.610. The van der Waals surface area contributed by atoms with Crippen LogP contribution in [0.4, 0.5) is 0 Å². The lowest BCUT2D eigenvalue weighted by Crippen LogP contribution is -2.41. The fourth-order valence-electron chi connectivity index (χ4n) is 1.63. The molecule has 0 bridgehead atoms. The van der Waals surface area contributed by atoms with Gasteiger partial charge in [0, 0.05) is 12.6 Å². The van der Waals surface area contributed by atoms with Crippen molar-refractivity contribution in [1.82, 2.24) is 4.90 Å². The Morgan fingerprint density at radius 2 is 2.14 bits per heavy atom. The summed E-state index contributed by atoms with van der Waals surface area (Å²) in [6.45, 7) is 3.08. The molecule has 1 rings (SSSR count). The summed E-state index contributed by atoms with van der Waals surface area (Å²) in [5.41, 5.74) is 10.6. The first-order valence-electron chi connectivity index (χ1n) is 5.27. The molecule has 4 nitrogen and oxygen atoms in total. The van der Waals surface area contributed by atoms with Gasteiger partial charge in [-0.15, -0.1) is 0 Å². The average Bonchev–Trinajstić information content (AvgIpc) is 2.95. The van der Waals surface area contributed by atoms with Gasteiger partial charge in [0.15, 0.2) is 0 Å². The minimum absolute atomic E-state index is 0.405. The van der Waals surface area contributed by atoms with E-state index in [-0.39, 0.29) is 0 Å². The van der Waals surface area contributed by atoms with E-state index >= 15 is 0 Å². The fraction of sp³-hybridized carbons (Fsp3) is 0.900. The van der Waals surface area contributed by atoms with Gasteiger partial charge in [-0.3, -0.25) is 4.79 Å². The molecule has 1 amide bonds. The molecule has 0 aromatic carbocycles. The second-order valence-electron chi connectivity index (χ2n) is 4.36. The molecule has 1 saturated carbocycles. The maximum absolute atomic E-state index is 10.7. The molecule has 0 aliphatic heterocycles. The summed E-state index contributed by atoms with van der Waals surface area (Å²) in [6, 6.07) is 0.110. The summed E-state index contributed by atoms with van der Waals surface area (Å²) in [5.74, 6) is 0.447. The van der Waals surface area contributed by atoms with E-state index < -0.39 is 11.9 Å². The van der Waals surface area contributed by atoms with Crippen LogP contribution >= 0.6 is 0 Å². The highest BCUT2D eigenvalue weighted by atomic mass is 16.1. The molecule has 4 heteroatoms. The Morgan fingerprint density at radius 3 is 2.57 bits per heavy atom. The molecule has 4 N–H and O–H groups in total. The number of hydrogen-bond donors (Lipinski definition) is 2. The van der Waals surface area contributed by atoms with Crippen molar-refractivity contribution in [2.45, 2.75) is 38.3 Å². The number of amides is 1. The van der Waals surface area contributed by atoms with Gasteiger partial charge in [-0.05, 0) is 39.2 Å². The van der Waals surface area contributed by atoms with Crippen molar-refractivity contribution >= 4 is 5.91 Å². The summed E-state index contributed by atoms with van der Waals surface area (Å²) >= 11 is 0. The minimum Gasteiger partial charge on any atom is -0.368 e. The molecule has 2 atom stereocenters. The number of carbonyl (C=O) groups excluding carboxylic acids is 1. The predicted octanol–water partition coefficient (Wildman–Crippen LogP) is -0.0806. The van der Waals surface area contributed by atoms with Gasteiger partial charge in [0.1, 0.15) is 0 Å². The number of nitrogens with two attached hydrogens (primary N) is 2. The normalized spacial score (nSPS) is 20.9. The van der Waals surface area contributed by atoms with Crippen LogP contribution in [-0.2, 0) is 4.79 Å². The molecule has 0 aromatic rings. The minimum atomic E-state index is -0.496. The van der Waals surface area contributed by atoms with E-state index in [0.717, 1.165) is 12.5 Å². The van der Waals surface area contributed by atoms with Crippen LogP contribution in [0.1, 0.15) is 26.2 Å². The molecular weight excluding hydrogens is 178 g/mol. The van der Waals surface area contributed by atoms with Gasteiger partial charge in [0.2, 0.25) is 5.91 Å². The maximum Gasteiger partial charge on any atom is 0.234 e. The van der Waals surface area contributed by atoms with Crippen molar-refractivity contribution in [3.05, 3.63) is 0 Å². The van der Waals surface area contributed by atoms with E-state index in [1.165, 1.54) is 12.8 Å². The lowest BCUT2D eigenvalue weighted by atomic mass is 10.1. The maximum atomic E-state index is 10.7. The summed E-state index contributed by atoms with van der Waals surface area (Å²) in [7, 11) is 2.08. The third-order valence-corrected chi connectivity index (χ3v) is 3.16. The van der Waals surface area contributed by atoms with Crippen LogP contribution in [0.25, 0.3) is 0 Å². The highest BCUT2D eigenvalue weighted by Crippen LogP contribution is 2.34. The standard InChI is InChI=1S/C10H21N3O/c1-7(8-3-4-8)13(2)6-5-9(11)10(12)14/h7-9H,3-6,11H2,1-2H3,(H2,12,14). The first kappa shape index (κ1) is 11.5. The Labute approximate surface area is 85.6 Å². The van der Waals surface area contributed by atoms with Crippen molar-refractivity contribution in [3.8, 4) is 0 Å². The molecule has 1 fully saturated rings. The molecule has 0 aromatic heterocycles. The van der Waals surface area contributed by atoms with E-state index in [0.29, 0.717) is 12.5 Å². The molecule has 1 aliphatic rings. The summed E-state index contributed by atoms with van der Waals surface area (Å²) in [4.78, 5) is 13.0. The number of primary amides is 1. The van der Waals surface area contributed by atoms with Gasteiger partial charge in [-0.25, -0.2) is 0 Å². The quantitative estimate of drug-likeness (QED) is 0.628. The van der Waals surface area contributed by atoms with Gasteiger partial charge in [0.25, 0.3) is 0 Å². The van der Waals surface area contributed by atoms with E-state index in [2.05, 4.69) is 18.9 Å². The van der Waals surface area contributed by atoms with Crippen LogP contribution in [0.15, 0.2) is 0 Å². The predicted molar refractivity (Wildman–Crippen MR) is 56.6 cm³/mol. The molecule has 0 saturated heterocycles. The zero-order valence-electron chi connectivity index (χ0n) is 9.07. The lowest BCUT2D eigenvalue weighted by Gasteiger charge is -2.25. The van der Waals surface area contributed by atoms with Gasteiger partial charge in [-0.2, -0.15) is 0 Å². The SMILES string of the molecule is CC(C1CC1)N(C)CCC(N)C(N)=O. The monoisotopic (exact) mass is 199 g/mol. The third-order valence-electron chi connectivity index (χ3n) is 3.16. The Kier molecular flexibility index (Phi) is 3.89. The zero-order valence-corrected chi connectivity index (χ0v) is 9.07. The van der Waals surface area contributed by atoms with Crippen LogP contribution in [0.5, 0.6) is 0 Å². The van der Waals surface area contributed by atoms with E-state index in [9.17, 15) is 4.79 Å². The Morgan fingerprint density at radius 1 is 1.57 bits per heavy atom. The molecule has 2 unspecified atom stereocenters. The molecule has 0 spiro atoms. The van der Waals surface area contributed by atoms with Gasteiger partial charge >= 0.3 is 0 Å². The zero-order chi connectivity index (χ0) is 10.7. The van der Waals surface area contributed by atoms with Crippen LogP contribution in [0.3, 0.4) is 0 Å². The lowest BCUT2D eigenvalue weighted by molar-refractivity contribution is -0.119. The summed E-state index contributed by atoms with van der Waals surface area (Å²) in [5, 5.41) is 0. The van der Waals surface area contributed by atoms with E-state index in [4.69, 9.17) is 11.5 Å². The topological polar surface area (TPSA) is 72.3 Å². The molecular formula is C10H21N3O. The van der Waals surface area contributed by atoms with Crippen LogP contribution in [-0.4, -0.2) is 36.5 Å². The van der Waals surface area contributed by atoms with E-state index in [1.807, 2.05) is 0 Å². The number of carbonyl (C=O) groups is 1. The summed E-state index contributed by atoms with van der Waals surface area (Å²) < 4.78 is 0. The summed E-state index contributed by atoms with van der Waals surface area (Å²) in [6.07, 6.45) is 3.34. The number of rotatable bonds is 6. The van der Waals surface area contributed by atoms with Gasteiger partial charge in [0.05, 0.1) is 6.04 Å². The van der Waals surface area contributed by atoms with Gasteiger partial charge in [-0.1, -0.05) is 0 Å². The Bertz CT molecular complexity index is 204. The smallest absolute Gasteiger partial charge is 0.234 e. The Balaban J connectivity index is 2.19. The van der Waals surface area contributed by atoms with Crippen LogP contribution in [0.2, 0.25) is 0 Å². The molecule has 1 aliphatic carbocycles. The second kappa shape index (κ2) is 4.75. The van der Waals surface area contributed by atoms with E-state index in [1.54, 1.807) is 0 Å². The molecule has 82 valence electrons. The van der Waals surface area contributed by atoms with Gasteiger partial charge < -0.3 is 16.4 Å². The second-order valence-corrected chi connectivity index (χ2v) is 4.36. The van der Waals surface area contributed by atoms with Crippen molar-refractivity contribution in [3.63, 3.8) is 0 Å². The highest BCUT2D eigenvalue weighted by molar-refractivity contribution is 5.79. The molecule has 0 radical (unpaired) electrons. The molecule has 14 heavy (non-hydrogen) atoms. The third kappa shape index (κ3) is 3.27. The first-order chi connectivity index (χ1) is 6.52. The van der Waals surface area contributed by atoms with Crippen molar-refractivity contribution < 1.29 is 4.79 Å². The first-order valence-corrected chi connectivity index (χ1v) is 5.27. The van der Waals surface area contributed by atoms with Crippen molar-refractivity contribution in [2.24, 2.45) is 17.4 Å². The van der Waals surface area contributed by atoms with Crippen molar-refractivity contribution in [2.75, 3.05) is 13.6 Å². The average molecular weight is 199 g/mol. The largest absolute Gasteiger partial charge is 0.368 e. The van der Waals surface area contributed by atoms with Crippen LogP contribution < -0.4 is 11.5 Å². The number of hydrogen-bond acceptors (Lipinski definition) is 3. The van der Waals surface area contributed by atoms with Crippen LogP contribution in [0, 0.1) is 5.92 Å². The highest BCUT2D eigenvalue weighted by Gasteiger charge is 2.30. The number of nitrogens with zero attached hydrogens (tertiary/aromatic N) is 1.